The molecule has 6 nitrogen and oxygen atoms in total. The molecule has 0 aromatic carbocycles. The number of hydrogen-bond donors (Lipinski definition) is 1. The van der Waals surface area contributed by atoms with E-state index in [4.69, 9.17) is 16.3 Å². The molecule has 0 spiro atoms. The molecular weight excluding hydrogens is 344 g/mol. The second-order valence-corrected chi connectivity index (χ2v) is 6.45. The molecule has 0 fully saturated rings. The number of pyridine rings is 1. The molecule has 2 atom stereocenters. The third kappa shape index (κ3) is 4.19. The normalized spacial score (nSPS) is 19.3. The molecule has 0 saturated heterocycles. The number of rotatable bonds is 7. The predicted molar refractivity (Wildman–Crippen MR) is 94.4 cm³/mol. The topological polar surface area (TPSA) is 79.7 Å². The summed E-state index contributed by atoms with van der Waals surface area (Å²) in [6.45, 7) is 4.05. The Bertz CT molecular complexity index is 689. The van der Waals surface area contributed by atoms with Gasteiger partial charge >= 0.3 is 5.97 Å². The van der Waals surface area contributed by atoms with Crippen LogP contribution in [0.4, 0.5) is 0 Å². The first kappa shape index (κ1) is 19.4. The maximum Gasteiger partial charge on any atom is 0.333 e. The van der Waals surface area contributed by atoms with Crippen molar-refractivity contribution >= 4 is 23.5 Å². The van der Waals surface area contributed by atoms with E-state index in [1.54, 1.807) is 26.2 Å². The molecule has 25 heavy (non-hydrogen) atoms. The third-order valence-corrected chi connectivity index (χ3v) is 4.86. The van der Waals surface area contributed by atoms with Crippen LogP contribution in [0.2, 0.25) is 5.15 Å². The number of carbonyl (C=O) groups is 2. The van der Waals surface area contributed by atoms with Crippen LogP contribution in [0.3, 0.4) is 0 Å². The van der Waals surface area contributed by atoms with Gasteiger partial charge in [0.2, 0.25) is 5.91 Å². The minimum Gasteiger partial charge on any atom is -0.478 e. The van der Waals surface area contributed by atoms with E-state index < -0.39 is 11.9 Å². The lowest BCUT2D eigenvalue weighted by molar-refractivity contribution is -0.135. The highest BCUT2D eigenvalue weighted by molar-refractivity contribution is 6.30. The lowest BCUT2D eigenvalue weighted by atomic mass is 9.84. The van der Waals surface area contributed by atoms with E-state index in [-0.39, 0.29) is 29.2 Å². The lowest BCUT2D eigenvalue weighted by Crippen LogP contribution is -2.42. The maximum atomic E-state index is 12.7. The van der Waals surface area contributed by atoms with Crippen LogP contribution in [0.25, 0.3) is 0 Å². The molecule has 0 aliphatic carbocycles. The van der Waals surface area contributed by atoms with E-state index in [1.807, 2.05) is 6.92 Å². The molecule has 0 saturated carbocycles. The molecular formula is C18H23ClN2O4. The zero-order valence-corrected chi connectivity index (χ0v) is 15.4. The number of carboxylic acids is 1. The Labute approximate surface area is 152 Å². The van der Waals surface area contributed by atoms with Gasteiger partial charge in [0.25, 0.3) is 0 Å². The van der Waals surface area contributed by atoms with Crippen LogP contribution in [0.1, 0.15) is 44.6 Å². The maximum absolute atomic E-state index is 12.7. The van der Waals surface area contributed by atoms with E-state index >= 15 is 0 Å². The highest BCUT2D eigenvalue weighted by atomic mass is 35.5. The van der Waals surface area contributed by atoms with Crippen LogP contribution < -0.4 is 0 Å². The van der Waals surface area contributed by atoms with Gasteiger partial charge in [-0.25, -0.2) is 9.78 Å². The Kier molecular flexibility index (Phi) is 6.56. The number of carboxylic acid groups (broad SMARTS) is 1. The van der Waals surface area contributed by atoms with Crippen LogP contribution in [-0.2, 0) is 14.3 Å². The van der Waals surface area contributed by atoms with Gasteiger partial charge in [-0.2, -0.15) is 0 Å². The summed E-state index contributed by atoms with van der Waals surface area (Å²) in [6.07, 6.45) is 3.18. The highest BCUT2D eigenvalue weighted by Gasteiger charge is 2.37. The Hall–Kier alpha value is -1.92. The summed E-state index contributed by atoms with van der Waals surface area (Å²) >= 11 is 6.14. The Morgan fingerprint density at radius 3 is 2.84 bits per heavy atom. The van der Waals surface area contributed by atoms with Crippen LogP contribution in [0, 0.1) is 0 Å². The molecule has 1 aliphatic rings. The molecule has 1 aliphatic heterocycles. The van der Waals surface area contributed by atoms with Gasteiger partial charge in [0.05, 0.1) is 18.2 Å². The molecule has 1 aromatic heterocycles. The van der Waals surface area contributed by atoms with Gasteiger partial charge in [-0.3, -0.25) is 4.79 Å². The second-order valence-electron chi connectivity index (χ2n) is 6.10. The first-order chi connectivity index (χ1) is 11.9. The van der Waals surface area contributed by atoms with Crippen molar-refractivity contribution < 1.29 is 19.4 Å². The molecule has 136 valence electrons. The standard InChI is InChI=1S/C18H23ClN2O4/c1-4-6-12(25-3)10-21-11(2)16(18(23)24)14(9-15(21)22)13-7-5-8-20-17(13)19/h5,7-8,12,14H,4,6,9-10H2,1-3H3,(H,23,24). The van der Waals surface area contributed by atoms with Crippen molar-refractivity contribution in [1.82, 2.24) is 9.88 Å². The second kappa shape index (κ2) is 8.45. The fourth-order valence-electron chi connectivity index (χ4n) is 3.25. The number of methoxy groups -OCH3 is 1. The van der Waals surface area contributed by atoms with Gasteiger partial charge in [0.15, 0.2) is 0 Å². The van der Waals surface area contributed by atoms with Gasteiger partial charge in [-0.05, 0) is 25.0 Å². The Morgan fingerprint density at radius 1 is 1.56 bits per heavy atom. The first-order valence-corrected chi connectivity index (χ1v) is 8.66. The summed E-state index contributed by atoms with van der Waals surface area (Å²) in [5.41, 5.74) is 1.18. The molecule has 0 radical (unpaired) electrons. The minimum atomic E-state index is -1.05. The highest BCUT2D eigenvalue weighted by Crippen LogP contribution is 2.38. The fraction of sp³-hybridized carbons (Fsp3) is 0.500. The number of ether oxygens (including phenoxy) is 1. The van der Waals surface area contributed by atoms with Crippen molar-refractivity contribution in [1.29, 1.82) is 0 Å². The van der Waals surface area contributed by atoms with E-state index in [2.05, 4.69) is 4.98 Å². The minimum absolute atomic E-state index is 0.0486. The summed E-state index contributed by atoms with van der Waals surface area (Å²) in [6, 6.07) is 3.41. The summed E-state index contributed by atoms with van der Waals surface area (Å²) < 4.78 is 5.42. The zero-order chi connectivity index (χ0) is 18.6. The number of hydrogen-bond acceptors (Lipinski definition) is 4. The number of nitrogens with zero attached hydrogens (tertiary/aromatic N) is 2. The number of aliphatic carboxylic acids is 1. The summed E-state index contributed by atoms with van der Waals surface area (Å²) in [5.74, 6) is -1.79. The summed E-state index contributed by atoms with van der Waals surface area (Å²) in [4.78, 5) is 30.1. The third-order valence-electron chi connectivity index (χ3n) is 4.55. The van der Waals surface area contributed by atoms with Crippen LogP contribution in [0.5, 0.6) is 0 Å². The van der Waals surface area contributed by atoms with Crippen molar-refractivity contribution in [3.05, 3.63) is 40.3 Å². The van der Waals surface area contributed by atoms with Crippen molar-refractivity contribution in [3.8, 4) is 0 Å². The first-order valence-electron chi connectivity index (χ1n) is 8.28. The van der Waals surface area contributed by atoms with Crippen molar-refractivity contribution in [2.24, 2.45) is 0 Å². The molecule has 1 N–H and O–H groups in total. The Balaban J connectivity index is 2.43. The quantitative estimate of drug-likeness (QED) is 0.749. The largest absolute Gasteiger partial charge is 0.478 e. The van der Waals surface area contributed by atoms with Gasteiger partial charge in [-0.1, -0.05) is 31.0 Å². The van der Waals surface area contributed by atoms with E-state index in [0.29, 0.717) is 17.8 Å². The monoisotopic (exact) mass is 366 g/mol. The molecule has 2 unspecified atom stereocenters. The smallest absolute Gasteiger partial charge is 0.333 e. The number of allylic oxidation sites excluding steroid dienone is 1. The predicted octanol–water partition coefficient (Wildman–Crippen LogP) is 3.22. The molecule has 1 aromatic rings. The fourth-order valence-corrected chi connectivity index (χ4v) is 3.50. The summed E-state index contributed by atoms with van der Waals surface area (Å²) in [5, 5.41) is 9.96. The Morgan fingerprint density at radius 2 is 2.28 bits per heavy atom. The SMILES string of the molecule is CCCC(CN1C(=O)CC(c2cccnc2Cl)C(C(=O)O)=C1C)OC. The van der Waals surface area contributed by atoms with Crippen LogP contribution in [-0.4, -0.2) is 46.6 Å². The van der Waals surface area contributed by atoms with E-state index in [0.717, 1.165) is 12.8 Å². The zero-order valence-electron chi connectivity index (χ0n) is 14.7. The van der Waals surface area contributed by atoms with Gasteiger partial charge < -0.3 is 14.7 Å². The van der Waals surface area contributed by atoms with E-state index in [1.165, 1.54) is 11.1 Å². The average Bonchev–Trinajstić information content (AvgIpc) is 2.57. The van der Waals surface area contributed by atoms with Crippen molar-refractivity contribution in [2.75, 3.05) is 13.7 Å². The van der Waals surface area contributed by atoms with Gasteiger partial charge in [0.1, 0.15) is 5.15 Å². The average molecular weight is 367 g/mol. The molecule has 1 amide bonds. The molecule has 0 bridgehead atoms. The molecule has 2 rings (SSSR count). The molecule has 7 heteroatoms. The van der Waals surface area contributed by atoms with Gasteiger partial charge in [-0.15, -0.1) is 0 Å². The number of halogens is 1. The molecule has 2 heterocycles. The van der Waals surface area contributed by atoms with E-state index in [9.17, 15) is 14.7 Å². The van der Waals surface area contributed by atoms with Crippen LogP contribution in [0.15, 0.2) is 29.6 Å². The number of aromatic nitrogens is 1. The summed E-state index contributed by atoms with van der Waals surface area (Å²) in [7, 11) is 1.60. The van der Waals surface area contributed by atoms with Crippen molar-refractivity contribution in [2.45, 2.75) is 45.1 Å². The number of amides is 1. The van der Waals surface area contributed by atoms with Gasteiger partial charge in [0, 0.05) is 31.3 Å². The lowest BCUT2D eigenvalue weighted by Gasteiger charge is -2.35. The van der Waals surface area contributed by atoms with Crippen molar-refractivity contribution in [3.63, 3.8) is 0 Å². The van der Waals surface area contributed by atoms with Crippen LogP contribution >= 0.6 is 11.6 Å². The number of carbonyl (C=O) groups excluding carboxylic acids is 1.